The number of thiazole rings is 1. The lowest BCUT2D eigenvalue weighted by Gasteiger charge is -2.09. The summed E-state index contributed by atoms with van der Waals surface area (Å²) in [5.74, 6) is -0.542. The quantitative estimate of drug-likeness (QED) is 0.917. The number of aryl methyl sites for hydroxylation is 1. The third-order valence-electron chi connectivity index (χ3n) is 3.66. The molecule has 0 aliphatic carbocycles. The fraction of sp³-hybridized carbons (Fsp3) is 0.333. The number of carbonyl (C=O) groups is 1. The van der Waals surface area contributed by atoms with Crippen LogP contribution in [0, 0.1) is 12.7 Å². The molecule has 5 nitrogen and oxygen atoms in total. The molecule has 2 heterocycles. The van der Waals surface area contributed by atoms with Crippen molar-refractivity contribution in [3.8, 4) is 10.6 Å². The van der Waals surface area contributed by atoms with Crippen molar-refractivity contribution in [3.05, 3.63) is 40.7 Å². The van der Waals surface area contributed by atoms with Crippen LogP contribution in [0.4, 0.5) is 4.39 Å². The summed E-state index contributed by atoms with van der Waals surface area (Å²) in [5.41, 5.74) is 1.31. The van der Waals surface area contributed by atoms with Gasteiger partial charge in [0.1, 0.15) is 15.7 Å². The second-order valence-corrected chi connectivity index (χ2v) is 8.74. The van der Waals surface area contributed by atoms with Gasteiger partial charge < -0.3 is 5.32 Å². The van der Waals surface area contributed by atoms with Crippen molar-refractivity contribution >= 4 is 27.1 Å². The number of aromatic nitrogens is 1. The molecule has 1 saturated heterocycles. The maximum atomic E-state index is 13.0. The van der Waals surface area contributed by atoms with Crippen LogP contribution in [0.5, 0.6) is 0 Å². The average Bonchev–Trinajstić information content (AvgIpc) is 3.02. The smallest absolute Gasteiger partial charge is 0.263 e. The number of carbonyl (C=O) groups excluding carboxylic acids is 1. The third kappa shape index (κ3) is 3.59. The molecule has 0 saturated carbocycles. The van der Waals surface area contributed by atoms with Crippen molar-refractivity contribution in [1.82, 2.24) is 10.3 Å². The molecule has 1 aromatic heterocycles. The highest BCUT2D eigenvalue weighted by Crippen LogP contribution is 2.28. The molecule has 1 unspecified atom stereocenters. The number of halogens is 1. The van der Waals surface area contributed by atoms with Gasteiger partial charge in [0.2, 0.25) is 0 Å². The monoisotopic (exact) mass is 354 g/mol. The Balaban J connectivity index is 1.78. The largest absolute Gasteiger partial charge is 0.347 e. The summed E-state index contributed by atoms with van der Waals surface area (Å²) in [6.07, 6.45) is 0.441. The van der Waals surface area contributed by atoms with Crippen LogP contribution >= 0.6 is 11.3 Å². The fourth-order valence-electron chi connectivity index (χ4n) is 2.48. The molecule has 0 radical (unpaired) electrons. The van der Waals surface area contributed by atoms with E-state index in [1.807, 2.05) is 0 Å². The molecular formula is C15H15FN2O3S2. The van der Waals surface area contributed by atoms with Gasteiger partial charge in [-0.2, -0.15) is 0 Å². The van der Waals surface area contributed by atoms with Gasteiger partial charge in [0.15, 0.2) is 9.84 Å². The molecule has 1 aromatic carbocycles. The van der Waals surface area contributed by atoms with Gasteiger partial charge >= 0.3 is 0 Å². The molecule has 23 heavy (non-hydrogen) atoms. The van der Waals surface area contributed by atoms with Crippen LogP contribution in [0.3, 0.4) is 0 Å². The molecule has 2 aromatic rings. The SMILES string of the molecule is Cc1nc(-c2ccc(F)cc2)sc1C(=O)NC1CCS(=O)(=O)C1. The van der Waals surface area contributed by atoms with Gasteiger partial charge in [0.25, 0.3) is 5.91 Å². The van der Waals surface area contributed by atoms with E-state index in [2.05, 4.69) is 10.3 Å². The third-order valence-corrected chi connectivity index (χ3v) is 6.63. The minimum Gasteiger partial charge on any atom is -0.347 e. The van der Waals surface area contributed by atoms with E-state index in [1.165, 1.54) is 23.5 Å². The number of amides is 1. The number of hydrogen-bond acceptors (Lipinski definition) is 5. The predicted octanol–water partition coefficient (Wildman–Crippen LogP) is 2.17. The molecule has 1 amide bonds. The molecule has 1 atom stereocenters. The standard InChI is InChI=1S/C15H15FN2O3S2/c1-9-13(14(19)18-12-6-7-23(20,21)8-12)22-15(17-9)10-2-4-11(16)5-3-10/h2-5,12H,6-8H2,1H3,(H,18,19). The maximum absolute atomic E-state index is 13.0. The van der Waals surface area contributed by atoms with Gasteiger partial charge in [-0.3, -0.25) is 4.79 Å². The molecule has 1 fully saturated rings. The summed E-state index contributed by atoms with van der Waals surface area (Å²) in [5, 5.41) is 3.39. The minimum absolute atomic E-state index is 0.0125. The first kappa shape index (κ1) is 16.1. The first-order chi connectivity index (χ1) is 10.8. The Labute approximate surface area is 137 Å². The number of hydrogen-bond donors (Lipinski definition) is 1. The van der Waals surface area contributed by atoms with E-state index in [0.29, 0.717) is 22.0 Å². The first-order valence-corrected chi connectivity index (χ1v) is 9.72. The van der Waals surface area contributed by atoms with Crippen molar-refractivity contribution in [3.63, 3.8) is 0 Å². The van der Waals surface area contributed by atoms with Crippen LogP contribution in [-0.2, 0) is 9.84 Å². The normalized spacial score (nSPS) is 19.7. The van der Waals surface area contributed by atoms with Gasteiger partial charge in [-0.15, -0.1) is 11.3 Å². The van der Waals surface area contributed by atoms with Crippen LogP contribution in [-0.4, -0.2) is 36.9 Å². The topological polar surface area (TPSA) is 76.1 Å². The molecule has 3 rings (SSSR count). The first-order valence-electron chi connectivity index (χ1n) is 7.09. The van der Waals surface area contributed by atoms with E-state index >= 15 is 0 Å². The highest BCUT2D eigenvalue weighted by molar-refractivity contribution is 7.91. The second-order valence-electron chi connectivity index (χ2n) is 5.51. The molecule has 8 heteroatoms. The zero-order chi connectivity index (χ0) is 16.6. The molecular weight excluding hydrogens is 339 g/mol. The molecule has 0 spiro atoms. The highest BCUT2D eigenvalue weighted by atomic mass is 32.2. The van der Waals surface area contributed by atoms with Crippen LogP contribution in [0.15, 0.2) is 24.3 Å². The fourth-order valence-corrected chi connectivity index (χ4v) is 5.13. The van der Waals surface area contributed by atoms with Crippen LogP contribution in [0.2, 0.25) is 0 Å². The van der Waals surface area contributed by atoms with Gasteiger partial charge in [0.05, 0.1) is 17.2 Å². The van der Waals surface area contributed by atoms with Crippen LogP contribution < -0.4 is 5.32 Å². The van der Waals surface area contributed by atoms with Crippen molar-refractivity contribution in [2.75, 3.05) is 11.5 Å². The zero-order valence-corrected chi connectivity index (χ0v) is 14.0. The number of nitrogens with zero attached hydrogens (tertiary/aromatic N) is 1. The lowest BCUT2D eigenvalue weighted by molar-refractivity contribution is 0.0944. The Morgan fingerprint density at radius 2 is 2.04 bits per heavy atom. The summed E-state index contributed by atoms with van der Waals surface area (Å²) in [6.45, 7) is 1.73. The van der Waals surface area contributed by atoms with E-state index in [-0.39, 0.29) is 29.3 Å². The number of nitrogens with one attached hydrogen (secondary N) is 1. The summed E-state index contributed by atoms with van der Waals surface area (Å²) < 4.78 is 35.9. The van der Waals surface area contributed by atoms with E-state index in [1.54, 1.807) is 19.1 Å². The number of sulfone groups is 1. The number of rotatable bonds is 3. The molecule has 1 aliphatic rings. The molecule has 1 N–H and O–H groups in total. The molecule has 0 bridgehead atoms. The highest BCUT2D eigenvalue weighted by Gasteiger charge is 2.30. The zero-order valence-electron chi connectivity index (χ0n) is 12.4. The van der Waals surface area contributed by atoms with Crippen molar-refractivity contribution in [2.45, 2.75) is 19.4 Å². The number of benzene rings is 1. The van der Waals surface area contributed by atoms with E-state index in [0.717, 1.165) is 5.56 Å². The summed E-state index contributed by atoms with van der Waals surface area (Å²) >= 11 is 1.21. The molecule has 1 aliphatic heterocycles. The summed E-state index contributed by atoms with van der Waals surface area (Å²) in [6, 6.07) is 5.56. The Morgan fingerprint density at radius 1 is 1.35 bits per heavy atom. The average molecular weight is 354 g/mol. The van der Waals surface area contributed by atoms with Crippen molar-refractivity contribution < 1.29 is 17.6 Å². The van der Waals surface area contributed by atoms with Crippen molar-refractivity contribution in [2.24, 2.45) is 0 Å². The van der Waals surface area contributed by atoms with Gasteiger partial charge in [0, 0.05) is 11.6 Å². The lowest BCUT2D eigenvalue weighted by Crippen LogP contribution is -2.35. The van der Waals surface area contributed by atoms with E-state index in [9.17, 15) is 17.6 Å². The summed E-state index contributed by atoms with van der Waals surface area (Å²) in [4.78, 5) is 17.1. The lowest BCUT2D eigenvalue weighted by atomic mass is 10.2. The van der Waals surface area contributed by atoms with E-state index < -0.39 is 9.84 Å². The Kier molecular flexibility index (Phi) is 4.20. The Hall–Kier alpha value is -1.80. The Bertz CT molecular complexity index is 844. The maximum Gasteiger partial charge on any atom is 0.263 e. The minimum atomic E-state index is -3.04. The van der Waals surface area contributed by atoms with E-state index in [4.69, 9.17) is 0 Å². The van der Waals surface area contributed by atoms with Gasteiger partial charge in [-0.1, -0.05) is 0 Å². The van der Waals surface area contributed by atoms with Gasteiger partial charge in [-0.05, 0) is 37.6 Å². The summed E-state index contributed by atoms with van der Waals surface area (Å²) in [7, 11) is -3.04. The Morgan fingerprint density at radius 3 is 2.65 bits per heavy atom. The van der Waals surface area contributed by atoms with Gasteiger partial charge in [-0.25, -0.2) is 17.8 Å². The predicted molar refractivity (Wildman–Crippen MR) is 86.8 cm³/mol. The van der Waals surface area contributed by atoms with Crippen molar-refractivity contribution in [1.29, 1.82) is 0 Å². The van der Waals surface area contributed by atoms with Crippen LogP contribution in [0.1, 0.15) is 21.8 Å². The second kappa shape index (κ2) is 6.01. The van der Waals surface area contributed by atoms with Crippen LogP contribution in [0.25, 0.3) is 10.6 Å². The molecule has 122 valence electrons.